The van der Waals surface area contributed by atoms with Gasteiger partial charge in [0.2, 0.25) is 0 Å². The first-order chi connectivity index (χ1) is 10.1. The number of nitrogens with one attached hydrogen (secondary N) is 1. The molecule has 4 nitrogen and oxygen atoms in total. The summed E-state index contributed by atoms with van der Waals surface area (Å²) in [5.41, 5.74) is 7.83. The number of aryl methyl sites for hydroxylation is 1. The highest BCUT2D eigenvalue weighted by Crippen LogP contribution is 2.35. The Morgan fingerprint density at radius 1 is 1.43 bits per heavy atom. The van der Waals surface area contributed by atoms with Gasteiger partial charge in [0, 0.05) is 21.7 Å². The predicted molar refractivity (Wildman–Crippen MR) is 89.0 cm³/mol. The largest absolute Gasteiger partial charge is 0.397 e. The lowest BCUT2D eigenvalue weighted by Crippen LogP contribution is -2.26. The zero-order chi connectivity index (χ0) is 15.0. The molecule has 0 aliphatic carbocycles. The van der Waals surface area contributed by atoms with Crippen LogP contribution in [0, 0.1) is 6.92 Å². The number of thiophene rings is 1. The molecular weight excluding hydrogens is 302 g/mol. The quantitative estimate of drug-likeness (QED) is 0.773. The fraction of sp³-hybridized carbons (Fsp3) is 0.200. The van der Waals surface area contributed by atoms with E-state index in [0.717, 1.165) is 20.7 Å². The van der Waals surface area contributed by atoms with E-state index in [2.05, 4.69) is 10.3 Å². The topological polar surface area (TPSA) is 68.0 Å². The van der Waals surface area contributed by atoms with Crippen LogP contribution < -0.4 is 11.1 Å². The average Bonchev–Trinajstić information content (AvgIpc) is 3.08. The average molecular weight is 317 g/mol. The number of nitrogen functional groups attached to an aromatic ring is 1. The molecule has 0 spiro atoms. The zero-order valence-corrected chi connectivity index (χ0v) is 13.3. The van der Waals surface area contributed by atoms with E-state index in [1.54, 1.807) is 6.20 Å². The van der Waals surface area contributed by atoms with Gasteiger partial charge in [0.05, 0.1) is 11.7 Å². The summed E-state index contributed by atoms with van der Waals surface area (Å²) in [6, 6.07) is 5.82. The maximum atomic E-state index is 12.4. The normalized spacial score (nSPS) is 12.5. The minimum absolute atomic E-state index is 0.122. The maximum absolute atomic E-state index is 12.4. The molecule has 0 aliphatic heterocycles. The molecule has 2 aromatic heterocycles. The van der Waals surface area contributed by atoms with Gasteiger partial charge in [-0.2, -0.15) is 0 Å². The van der Waals surface area contributed by atoms with Crippen molar-refractivity contribution in [1.29, 1.82) is 0 Å². The molecule has 3 rings (SSSR count). The first-order valence-electron chi connectivity index (χ1n) is 6.55. The van der Waals surface area contributed by atoms with E-state index >= 15 is 0 Å². The van der Waals surface area contributed by atoms with Gasteiger partial charge in [-0.05, 0) is 19.4 Å². The fourth-order valence-corrected chi connectivity index (χ4v) is 3.96. The van der Waals surface area contributed by atoms with Crippen LogP contribution in [0.1, 0.15) is 33.2 Å². The van der Waals surface area contributed by atoms with Crippen molar-refractivity contribution in [3.8, 4) is 0 Å². The van der Waals surface area contributed by atoms with Crippen molar-refractivity contribution in [1.82, 2.24) is 10.3 Å². The van der Waals surface area contributed by atoms with Crippen molar-refractivity contribution in [3.05, 3.63) is 45.2 Å². The van der Waals surface area contributed by atoms with E-state index in [1.165, 1.54) is 22.7 Å². The van der Waals surface area contributed by atoms with Crippen molar-refractivity contribution < 1.29 is 4.79 Å². The van der Waals surface area contributed by atoms with Gasteiger partial charge in [-0.3, -0.25) is 4.79 Å². The third-order valence-electron chi connectivity index (χ3n) is 3.33. The Morgan fingerprint density at radius 2 is 2.24 bits per heavy atom. The van der Waals surface area contributed by atoms with Crippen LogP contribution in [0.4, 0.5) is 5.69 Å². The summed E-state index contributed by atoms with van der Waals surface area (Å²) in [5.74, 6) is -0.143. The summed E-state index contributed by atoms with van der Waals surface area (Å²) in [6.07, 6.45) is 1.74. The third-order valence-corrected chi connectivity index (χ3v) is 5.64. The summed E-state index contributed by atoms with van der Waals surface area (Å²) in [5, 5.41) is 6.70. The molecule has 1 aromatic carbocycles. The lowest BCUT2D eigenvalue weighted by molar-refractivity contribution is 0.0945. The Bertz CT molecular complexity index is 793. The minimum Gasteiger partial charge on any atom is -0.397 e. The number of fused-ring (bicyclic) bond motifs is 1. The third kappa shape index (κ3) is 2.52. The first kappa shape index (κ1) is 14.0. The van der Waals surface area contributed by atoms with E-state index in [-0.39, 0.29) is 11.9 Å². The van der Waals surface area contributed by atoms with Crippen LogP contribution in [0.15, 0.2) is 29.8 Å². The van der Waals surface area contributed by atoms with E-state index in [4.69, 9.17) is 5.73 Å². The number of benzene rings is 1. The van der Waals surface area contributed by atoms with E-state index in [9.17, 15) is 4.79 Å². The van der Waals surface area contributed by atoms with Crippen molar-refractivity contribution in [2.24, 2.45) is 0 Å². The molecule has 108 valence electrons. The number of aromatic nitrogens is 1. The molecule has 1 atom stereocenters. The molecular formula is C15H15N3OS2. The Balaban J connectivity index is 1.91. The standard InChI is InChI=1S/C15H15N3OS2/c1-8-4-3-5-10-11(16)13(21-12(8)10)14(19)18-9(2)15-17-6-7-20-15/h3-7,9H,16H2,1-2H3,(H,18,19). The van der Waals surface area contributed by atoms with Crippen LogP contribution in [0.5, 0.6) is 0 Å². The first-order valence-corrected chi connectivity index (χ1v) is 8.25. The Kier molecular flexibility index (Phi) is 3.65. The highest BCUT2D eigenvalue weighted by molar-refractivity contribution is 7.21. The fourth-order valence-electron chi connectivity index (χ4n) is 2.22. The van der Waals surface area contributed by atoms with Crippen LogP contribution in [0.3, 0.4) is 0 Å². The lowest BCUT2D eigenvalue weighted by atomic mass is 10.1. The molecule has 1 unspecified atom stereocenters. The SMILES string of the molecule is Cc1cccc2c(N)c(C(=O)NC(C)c3nccs3)sc12. The number of amides is 1. The molecule has 1 amide bonds. The van der Waals surface area contributed by atoms with Crippen molar-refractivity contribution in [2.75, 3.05) is 5.73 Å². The minimum atomic E-state index is -0.143. The highest BCUT2D eigenvalue weighted by atomic mass is 32.1. The van der Waals surface area contributed by atoms with E-state index < -0.39 is 0 Å². The number of hydrogen-bond acceptors (Lipinski definition) is 5. The molecule has 0 saturated heterocycles. The lowest BCUT2D eigenvalue weighted by Gasteiger charge is -2.10. The molecule has 21 heavy (non-hydrogen) atoms. The Labute approximate surface area is 130 Å². The Hall–Kier alpha value is -1.92. The molecule has 0 fully saturated rings. The van der Waals surface area contributed by atoms with Gasteiger partial charge >= 0.3 is 0 Å². The molecule has 0 saturated carbocycles. The summed E-state index contributed by atoms with van der Waals surface area (Å²) in [7, 11) is 0. The second kappa shape index (κ2) is 5.46. The summed E-state index contributed by atoms with van der Waals surface area (Å²) in [4.78, 5) is 17.2. The van der Waals surface area contributed by atoms with Crippen molar-refractivity contribution in [2.45, 2.75) is 19.9 Å². The van der Waals surface area contributed by atoms with Gasteiger partial charge in [0.1, 0.15) is 9.88 Å². The van der Waals surface area contributed by atoms with Gasteiger partial charge in [-0.15, -0.1) is 22.7 Å². The molecule has 0 bridgehead atoms. The van der Waals surface area contributed by atoms with Crippen LogP contribution >= 0.6 is 22.7 Å². The molecule has 3 N–H and O–H groups in total. The van der Waals surface area contributed by atoms with Crippen LogP contribution in [-0.2, 0) is 0 Å². The molecule has 0 aliphatic rings. The van der Waals surface area contributed by atoms with Crippen molar-refractivity contribution >= 4 is 44.4 Å². The highest BCUT2D eigenvalue weighted by Gasteiger charge is 2.19. The number of hydrogen-bond donors (Lipinski definition) is 2. The van der Waals surface area contributed by atoms with Crippen molar-refractivity contribution in [3.63, 3.8) is 0 Å². The second-order valence-corrected chi connectivity index (χ2v) is 6.81. The second-order valence-electron chi connectivity index (χ2n) is 4.86. The number of thiazole rings is 1. The number of nitrogens with two attached hydrogens (primary N) is 1. The number of rotatable bonds is 3. The summed E-state index contributed by atoms with van der Waals surface area (Å²) < 4.78 is 1.07. The van der Waals surface area contributed by atoms with Crippen LogP contribution in [0.25, 0.3) is 10.1 Å². The van der Waals surface area contributed by atoms with E-state index in [0.29, 0.717) is 10.6 Å². The molecule has 0 radical (unpaired) electrons. The van der Waals surface area contributed by atoms with Crippen LogP contribution in [-0.4, -0.2) is 10.9 Å². The maximum Gasteiger partial charge on any atom is 0.264 e. The van der Waals surface area contributed by atoms with Gasteiger partial charge in [0.25, 0.3) is 5.91 Å². The smallest absolute Gasteiger partial charge is 0.264 e. The number of nitrogens with zero attached hydrogens (tertiary/aromatic N) is 1. The number of carbonyl (C=O) groups excluding carboxylic acids is 1. The summed E-state index contributed by atoms with van der Waals surface area (Å²) >= 11 is 2.97. The van der Waals surface area contributed by atoms with Crippen LogP contribution in [0.2, 0.25) is 0 Å². The van der Waals surface area contributed by atoms with Gasteiger partial charge in [0.15, 0.2) is 0 Å². The van der Waals surface area contributed by atoms with Gasteiger partial charge < -0.3 is 11.1 Å². The van der Waals surface area contributed by atoms with Gasteiger partial charge in [-0.25, -0.2) is 4.98 Å². The Morgan fingerprint density at radius 3 is 2.90 bits per heavy atom. The number of anilines is 1. The van der Waals surface area contributed by atoms with Gasteiger partial charge in [-0.1, -0.05) is 18.2 Å². The summed E-state index contributed by atoms with van der Waals surface area (Å²) in [6.45, 7) is 3.95. The molecule has 6 heteroatoms. The number of carbonyl (C=O) groups is 1. The monoisotopic (exact) mass is 317 g/mol. The van der Waals surface area contributed by atoms with E-state index in [1.807, 2.05) is 37.4 Å². The predicted octanol–water partition coefficient (Wildman–Crippen LogP) is 3.74. The molecule has 2 heterocycles. The molecule has 3 aromatic rings. The zero-order valence-electron chi connectivity index (χ0n) is 11.7.